The average molecular weight is 259 g/mol. The van der Waals surface area contributed by atoms with Crippen molar-refractivity contribution in [1.29, 1.82) is 0 Å². The van der Waals surface area contributed by atoms with E-state index in [1.807, 2.05) is 0 Å². The molecule has 1 heterocycles. The maximum Gasteiger partial charge on any atom is 0.244 e. The lowest BCUT2D eigenvalue weighted by atomic mass is 10.4. The summed E-state index contributed by atoms with van der Waals surface area (Å²) >= 11 is 0. The first-order valence-corrected chi connectivity index (χ1v) is 6.59. The van der Waals surface area contributed by atoms with Gasteiger partial charge in [-0.25, -0.2) is 8.42 Å². The maximum absolute atomic E-state index is 12.1. The average Bonchev–Trinajstić information content (AvgIpc) is 2.78. The van der Waals surface area contributed by atoms with Crippen LogP contribution in [0.4, 0.5) is 0 Å². The minimum atomic E-state index is -3.60. The first-order valence-electron chi connectivity index (χ1n) is 5.15. The highest BCUT2D eigenvalue weighted by Gasteiger charge is 2.23. The summed E-state index contributed by atoms with van der Waals surface area (Å²) in [5.74, 6) is 0. The van der Waals surface area contributed by atoms with Crippen LogP contribution in [0.2, 0.25) is 0 Å². The maximum atomic E-state index is 12.1. The SMILES string of the molecule is C=CCN(CCO)S(=O)(=O)c1c[nH]c(CN)c1. The molecule has 1 rings (SSSR count). The number of aromatic amines is 1. The fourth-order valence-corrected chi connectivity index (χ4v) is 2.82. The van der Waals surface area contributed by atoms with Gasteiger partial charge >= 0.3 is 0 Å². The molecule has 0 amide bonds. The van der Waals surface area contributed by atoms with Crippen LogP contribution in [-0.4, -0.2) is 42.5 Å². The molecule has 96 valence electrons. The Morgan fingerprint density at radius 3 is 2.76 bits per heavy atom. The topological polar surface area (TPSA) is 99.4 Å². The van der Waals surface area contributed by atoms with E-state index in [1.165, 1.54) is 18.3 Å². The number of nitrogens with one attached hydrogen (secondary N) is 1. The van der Waals surface area contributed by atoms with Crippen LogP contribution in [0.1, 0.15) is 5.69 Å². The predicted octanol–water partition coefficient (Wildman–Crippen LogP) is -0.358. The summed E-state index contributed by atoms with van der Waals surface area (Å²) in [5.41, 5.74) is 6.05. The Kier molecular flexibility index (Phi) is 4.88. The summed E-state index contributed by atoms with van der Waals surface area (Å²) in [5, 5.41) is 8.86. The van der Waals surface area contributed by atoms with Crippen LogP contribution >= 0.6 is 0 Å². The van der Waals surface area contributed by atoms with E-state index in [0.29, 0.717) is 5.69 Å². The third-order valence-electron chi connectivity index (χ3n) is 2.26. The molecule has 0 aliphatic heterocycles. The van der Waals surface area contributed by atoms with Crippen LogP contribution in [0.15, 0.2) is 29.8 Å². The summed E-state index contributed by atoms with van der Waals surface area (Å²) < 4.78 is 25.5. The second-order valence-electron chi connectivity index (χ2n) is 3.44. The number of sulfonamides is 1. The molecule has 4 N–H and O–H groups in total. The lowest BCUT2D eigenvalue weighted by Crippen LogP contribution is -2.33. The van der Waals surface area contributed by atoms with Crippen LogP contribution in [0, 0.1) is 0 Å². The van der Waals surface area contributed by atoms with Gasteiger partial charge in [-0.2, -0.15) is 4.31 Å². The summed E-state index contributed by atoms with van der Waals surface area (Å²) in [6, 6.07) is 1.49. The van der Waals surface area contributed by atoms with Crippen molar-refractivity contribution in [3.05, 3.63) is 30.6 Å². The molecule has 0 aliphatic carbocycles. The Bertz CT molecular complexity index is 467. The predicted molar refractivity (Wildman–Crippen MR) is 64.7 cm³/mol. The molecule has 0 atom stereocenters. The number of aliphatic hydroxyl groups excluding tert-OH is 1. The van der Waals surface area contributed by atoms with Crippen LogP contribution in [0.5, 0.6) is 0 Å². The van der Waals surface area contributed by atoms with Crippen molar-refractivity contribution in [2.24, 2.45) is 5.73 Å². The molecule has 0 unspecified atom stereocenters. The van der Waals surface area contributed by atoms with Crippen LogP contribution in [-0.2, 0) is 16.6 Å². The zero-order chi connectivity index (χ0) is 12.9. The van der Waals surface area contributed by atoms with Gasteiger partial charge in [-0.15, -0.1) is 6.58 Å². The first-order chi connectivity index (χ1) is 8.06. The van der Waals surface area contributed by atoms with Crippen LogP contribution in [0.3, 0.4) is 0 Å². The Morgan fingerprint density at radius 2 is 2.29 bits per heavy atom. The number of aliphatic hydroxyl groups is 1. The summed E-state index contributed by atoms with van der Waals surface area (Å²) in [6.45, 7) is 3.71. The standard InChI is InChI=1S/C10H17N3O3S/c1-2-3-13(4-5-14)17(15,16)10-6-9(7-11)12-8-10/h2,6,8,12,14H,1,3-5,7,11H2. The molecule has 1 aromatic rings. The van der Waals surface area contributed by atoms with Gasteiger partial charge < -0.3 is 15.8 Å². The number of aromatic nitrogens is 1. The van der Waals surface area contributed by atoms with Gasteiger partial charge in [0.1, 0.15) is 0 Å². The molecule has 0 saturated heterocycles. The van der Waals surface area contributed by atoms with Crippen molar-refractivity contribution < 1.29 is 13.5 Å². The summed E-state index contributed by atoms with van der Waals surface area (Å²) in [7, 11) is -3.60. The molecule has 1 aromatic heterocycles. The number of rotatable bonds is 7. The van der Waals surface area contributed by atoms with E-state index in [-0.39, 0.29) is 31.1 Å². The number of hydrogen-bond acceptors (Lipinski definition) is 4. The smallest absolute Gasteiger partial charge is 0.244 e. The van der Waals surface area contributed by atoms with Crippen LogP contribution < -0.4 is 5.73 Å². The molecule has 0 fully saturated rings. The summed E-state index contributed by atoms with van der Waals surface area (Å²) in [6.07, 6.45) is 2.87. The van der Waals surface area contributed by atoms with Crippen molar-refractivity contribution in [1.82, 2.24) is 9.29 Å². The zero-order valence-electron chi connectivity index (χ0n) is 9.46. The molecule has 0 bridgehead atoms. The molecule has 0 radical (unpaired) electrons. The van der Waals surface area contributed by atoms with E-state index >= 15 is 0 Å². The van der Waals surface area contributed by atoms with Crippen molar-refractivity contribution in [3.63, 3.8) is 0 Å². The quantitative estimate of drug-likeness (QED) is 0.582. The lowest BCUT2D eigenvalue weighted by Gasteiger charge is -2.18. The van der Waals surface area contributed by atoms with Crippen molar-refractivity contribution >= 4 is 10.0 Å². The van der Waals surface area contributed by atoms with E-state index < -0.39 is 10.0 Å². The molecule has 0 spiro atoms. The normalized spacial score (nSPS) is 11.9. The summed E-state index contributed by atoms with van der Waals surface area (Å²) in [4.78, 5) is 2.93. The van der Waals surface area contributed by atoms with Gasteiger partial charge in [0.25, 0.3) is 0 Å². The third-order valence-corrected chi connectivity index (χ3v) is 4.10. The Hall–Kier alpha value is -1.15. The second kappa shape index (κ2) is 5.97. The minimum absolute atomic E-state index is 0.0392. The molecular formula is C10H17N3O3S. The molecule has 0 aliphatic rings. The Morgan fingerprint density at radius 1 is 1.59 bits per heavy atom. The van der Waals surface area contributed by atoms with Gasteiger partial charge in [0.05, 0.1) is 11.5 Å². The first kappa shape index (κ1) is 13.9. The van der Waals surface area contributed by atoms with Gasteiger partial charge in [0, 0.05) is 31.5 Å². The monoisotopic (exact) mass is 259 g/mol. The van der Waals surface area contributed by atoms with Gasteiger partial charge in [0.2, 0.25) is 10.0 Å². The molecule has 0 aromatic carbocycles. The van der Waals surface area contributed by atoms with E-state index in [4.69, 9.17) is 10.8 Å². The number of nitrogens with two attached hydrogens (primary N) is 1. The third kappa shape index (κ3) is 3.16. The van der Waals surface area contributed by atoms with Gasteiger partial charge in [0.15, 0.2) is 0 Å². The highest BCUT2D eigenvalue weighted by Crippen LogP contribution is 2.16. The van der Waals surface area contributed by atoms with Crippen LogP contribution in [0.25, 0.3) is 0 Å². The molecular weight excluding hydrogens is 242 g/mol. The Labute approximate surface area is 101 Å². The van der Waals surface area contributed by atoms with Gasteiger partial charge in [-0.3, -0.25) is 0 Å². The molecule has 17 heavy (non-hydrogen) atoms. The van der Waals surface area contributed by atoms with Gasteiger partial charge in [-0.05, 0) is 6.07 Å². The van der Waals surface area contributed by atoms with E-state index in [2.05, 4.69) is 11.6 Å². The van der Waals surface area contributed by atoms with Crippen molar-refractivity contribution in [2.45, 2.75) is 11.4 Å². The number of nitrogens with zero attached hydrogens (tertiary/aromatic N) is 1. The highest BCUT2D eigenvalue weighted by molar-refractivity contribution is 7.89. The fraction of sp³-hybridized carbons (Fsp3) is 0.400. The highest BCUT2D eigenvalue weighted by atomic mass is 32.2. The van der Waals surface area contributed by atoms with Gasteiger partial charge in [-0.1, -0.05) is 6.08 Å². The molecule has 7 heteroatoms. The zero-order valence-corrected chi connectivity index (χ0v) is 10.3. The largest absolute Gasteiger partial charge is 0.395 e. The van der Waals surface area contributed by atoms with E-state index in [9.17, 15) is 8.42 Å². The van der Waals surface area contributed by atoms with E-state index in [0.717, 1.165) is 4.31 Å². The lowest BCUT2D eigenvalue weighted by molar-refractivity contribution is 0.260. The second-order valence-corrected chi connectivity index (χ2v) is 5.38. The number of H-pyrrole nitrogens is 1. The minimum Gasteiger partial charge on any atom is -0.395 e. The Balaban J connectivity index is 3.02. The van der Waals surface area contributed by atoms with Crippen molar-refractivity contribution in [2.75, 3.05) is 19.7 Å². The van der Waals surface area contributed by atoms with Crippen molar-refractivity contribution in [3.8, 4) is 0 Å². The molecule has 6 nitrogen and oxygen atoms in total. The number of hydrogen-bond donors (Lipinski definition) is 3. The molecule has 0 saturated carbocycles. The fourth-order valence-electron chi connectivity index (χ4n) is 1.40. The van der Waals surface area contributed by atoms with E-state index in [1.54, 1.807) is 0 Å².